The SMILES string of the molecule is CNCC1CCCCN1S(=O)(=O)c1ccc(OC)c(C)c1. The van der Waals surface area contributed by atoms with Gasteiger partial charge in [0.1, 0.15) is 5.75 Å². The van der Waals surface area contributed by atoms with Crippen LogP contribution in [0.4, 0.5) is 0 Å². The number of methoxy groups -OCH3 is 1. The first-order valence-electron chi connectivity index (χ1n) is 7.31. The van der Waals surface area contributed by atoms with Gasteiger partial charge in [0, 0.05) is 19.1 Å². The predicted molar refractivity (Wildman–Crippen MR) is 83.2 cm³/mol. The molecule has 1 atom stereocenters. The van der Waals surface area contributed by atoms with Gasteiger partial charge in [0.25, 0.3) is 0 Å². The number of likely N-dealkylation sites (N-methyl/N-ethyl adjacent to an activating group) is 1. The van der Waals surface area contributed by atoms with Crippen molar-refractivity contribution in [2.24, 2.45) is 0 Å². The van der Waals surface area contributed by atoms with E-state index in [0.29, 0.717) is 23.7 Å². The molecule has 0 aliphatic carbocycles. The molecule has 6 heteroatoms. The van der Waals surface area contributed by atoms with Gasteiger partial charge in [-0.25, -0.2) is 8.42 Å². The predicted octanol–water partition coefficient (Wildman–Crippen LogP) is 1.77. The van der Waals surface area contributed by atoms with Gasteiger partial charge in [0.2, 0.25) is 10.0 Å². The molecule has 1 unspecified atom stereocenters. The third-order valence-corrected chi connectivity index (χ3v) is 5.93. The minimum absolute atomic E-state index is 0.0381. The van der Waals surface area contributed by atoms with E-state index >= 15 is 0 Å². The maximum Gasteiger partial charge on any atom is 0.243 e. The highest BCUT2D eigenvalue weighted by Gasteiger charge is 2.33. The number of piperidine rings is 1. The highest BCUT2D eigenvalue weighted by molar-refractivity contribution is 7.89. The van der Waals surface area contributed by atoms with E-state index in [0.717, 1.165) is 24.8 Å². The van der Waals surface area contributed by atoms with Crippen molar-refractivity contribution in [3.8, 4) is 5.75 Å². The number of sulfonamides is 1. The molecule has 1 saturated heterocycles. The Morgan fingerprint density at radius 2 is 2.14 bits per heavy atom. The standard InChI is InChI=1S/C15H24N2O3S/c1-12-10-14(7-8-15(12)20-3)21(18,19)17-9-5-4-6-13(17)11-16-2/h7-8,10,13,16H,4-6,9,11H2,1-3H3. The van der Waals surface area contributed by atoms with Gasteiger partial charge < -0.3 is 10.1 Å². The summed E-state index contributed by atoms with van der Waals surface area (Å²) in [7, 11) is 0.00236. The zero-order valence-electron chi connectivity index (χ0n) is 12.9. The molecule has 1 aliphatic heterocycles. The van der Waals surface area contributed by atoms with Crippen LogP contribution in [0.15, 0.2) is 23.1 Å². The highest BCUT2D eigenvalue weighted by Crippen LogP contribution is 2.28. The summed E-state index contributed by atoms with van der Waals surface area (Å²) in [5.41, 5.74) is 0.834. The number of nitrogens with one attached hydrogen (secondary N) is 1. The zero-order valence-corrected chi connectivity index (χ0v) is 13.7. The normalized spacial score (nSPS) is 20.4. The Labute approximate surface area is 127 Å². The third kappa shape index (κ3) is 3.39. The summed E-state index contributed by atoms with van der Waals surface area (Å²) in [6, 6.07) is 5.08. The summed E-state index contributed by atoms with van der Waals surface area (Å²) in [4.78, 5) is 0.351. The zero-order chi connectivity index (χ0) is 15.5. The molecule has 1 fully saturated rings. The first-order chi connectivity index (χ1) is 10.0. The second-order valence-corrected chi connectivity index (χ2v) is 7.35. The summed E-state index contributed by atoms with van der Waals surface area (Å²) in [6.45, 7) is 3.15. The smallest absolute Gasteiger partial charge is 0.243 e. The summed E-state index contributed by atoms with van der Waals surface area (Å²) in [5, 5.41) is 3.09. The van der Waals surface area contributed by atoms with Crippen LogP contribution in [0.1, 0.15) is 24.8 Å². The minimum atomic E-state index is -3.44. The van der Waals surface area contributed by atoms with E-state index in [4.69, 9.17) is 4.74 Å². The van der Waals surface area contributed by atoms with Crippen molar-refractivity contribution in [2.45, 2.75) is 37.1 Å². The lowest BCUT2D eigenvalue weighted by Gasteiger charge is -2.34. The first kappa shape index (κ1) is 16.3. The Morgan fingerprint density at radius 1 is 1.38 bits per heavy atom. The van der Waals surface area contributed by atoms with E-state index < -0.39 is 10.0 Å². The quantitative estimate of drug-likeness (QED) is 0.900. The molecule has 1 aliphatic rings. The van der Waals surface area contributed by atoms with E-state index in [1.165, 1.54) is 0 Å². The summed E-state index contributed by atoms with van der Waals surface area (Å²) in [6.07, 6.45) is 2.92. The molecule has 5 nitrogen and oxygen atoms in total. The van der Waals surface area contributed by atoms with Crippen molar-refractivity contribution < 1.29 is 13.2 Å². The molecule has 1 heterocycles. The molecular weight excluding hydrogens is 288 g/mol. The number of rotatable bonds is 5. The van der Waals surface area contributed by atoms with Crippen LogP contribution in [0.3, 0.4) is 0 Å². The summed E-state index contributed by atoms with van der Waals surface area (Å²) in [5.74, 6) is 0.708. The minimum Gasteiger partial charge on any atom is -0.496 e. The molecule has 0 saturated carbocycles. The molecule has 0 amide bonds. The van der Waals surface area contributed by atoms with Gasteiger partial charge in [0.05, 0.1) is 12.0 Å². The van der Waals surface area contributed by atoms with Crippen LogP contribution in [0.5, 0.6) is 5.75 Å². The Morgan fingerprint density at radius 3 is 2.76 bits per heavy atom. The van der Waals surface area contributed by atoms with Crippen molar-refractivity contribution in [3.63, 3.8) is 0 Å². The maximum absolute atomic E-state index is 12.9. The highest BCUT2D eigenvalue weighted by atomic mass is 32.2. The van der Waals surface area contributed by atoms with Gasteiger partial charge in [-0.05, 0) is 50.6 Å². The molecule has 21 heavy (non-hydrogen) atoms. The Kier molecular flexibility index (Phi) is 5.24. The van der Waals surface area contributed by atoms with Crippen molar-refractivity contribution in [2.75, 3.05) is 27.2 Å². The van der Waals surface area contributed by atoms with Crippen molar-refractivity contribution in [1.29, 1.82) is 0 Å². The van der Waals surface area contributed by atoms with Gasteiger partial charge in [0.15, 0.2) is 0 Å². The molecule has 2 rings (SSSR count). The van der Waals surface area contributed by atoms with Gasteiger partial charge in [-0.1, -0.05) is 6.42 Å². The van der Waals surface area contributed by atoms with Crippen molar-refractivity contribution >= 4 is 10.0 Å². The van der Waals surface area contributed by atoms with E-state index in [9.17, 15) is 8.42 Å². The molecular formula is C15H24N2O3S. The maximum atomic E-state index is 12.9. The number of aryl methyl sites for hydroxylation is 1. The molecule has 0 radical (unpaired) electrons. The molecule has 1 aromatic carbocycles. The number of ether oxygens (including phenoxy) is 1. The molecule has 1 N–H and O–H groups in total. The average Bonchev–Trinajstić information content (AvgIpc) is 2.48. The van der Waals surface area contributed by atoms with Gasteiger partial charge in [-0.15, -0.1) is 0 Å². The van der Waals surface area contributed by atoms with Crippen LogP contribution >= 0.6 is 0 Å². The van der Waals surface area contributed by atoms with E-state index in [2.05, 4.69) is 5.32 Å². The van der Waals surface area contributed by atoms with Crippen LogP contribution < -0.4 is 10.1 Å². The second kappa shape index (κ2) is 6.77. The largest absolute Gasteiger partial charge is 0.496 e. The lowest BCUT2D eigenvalue weighted by atomic mass is 10.1. The fourth-order valence-electron chi connectivity index (χ4n) is 2.88. The Hall–Kier alpha value is -1.11. The summed E-state index contributed by atoms with van der Waals surface area (Å²) >= 11 is 0. The first-order valence-corrected chi connectivity index (χ1v) is 8.75. The molecule has 118 valence electrons. The summed E-state index contributed by atoms with van der Waals surface area (Å²) < 4.78 is 32.6. The van der Waals surface area contributed by atoms with Crippen LogP contribution in [-0.4, -0.2) is 46.0 Å². The van der Waals surface area contributed by atoms with Crippen LogP contribution in [0.25, 0.3) is 0 Å². The van der Waals surface area contributed by atoms with Gasteiger partial charge in [-0.2, -0.15) is 4.31 Å². The molecule has 0 spiro atoms. The third-order valence-electron chi connectivity index (χ3n) is 3.99. The molecule has 0 bridgehead atoms. The van der Waals surface area contributed by atoms with Crippen LogP contribution in [0, 0.1) is 6.92 Å². The fourth-order valence-corrected chi connectivity index (χ4v) is 4.66. The monoisotopic (exact) mass is 312 g/mol. The number of hydrogen-bond donors (Lipinski definition) is 1. The number of hydrogen-bond acceptors (Lipinski definition) is 4. The van der Waals surface area contributed by atoms with E-state index in [1.54, 1.807) is 29.6 Å². The lowest BCUT2D eigenvalue weighted by Crippen LogP contribution is -2.47. The number of benzene rings is 1. The van der Waals surface area contributed by atoms with Crippen LogP contribution in [0.2, 0.25) is 0 Å². The van der Waals surface area contributed by atoms with Gasteiger partial charge in [-0.3, -0.25) is 0 Å². The van der Waals surface area contributed by atoms with Crippen molar-refractivity contribution in [3.05, 3.63) is 23.8 Å². The van der Waals surface area contributed by atoms with Crippen LogP contribution in [-0.2, 0) is 10.0 Å². The fraction of sp³-hybridized carbons (Fsp3) is 0.600. The molecule has 0 aromatic heterocycles. The molecule has 1 aromatic rings. The Balaban J connectivity index is 2.33. The van der Waals surface area contributed by atoms with Gasteiger partial charge >= 0.3 is 0 Å². The Bertz CT molecular complexity index is 585. The lowest BCUT2D eigenvalue weighted by molar-refractivity contribution is 0.249. The van der Waals surface area contributed by atoms with E-state index in [-0.39, 0.29) is 6.04 Å². The van der Waals surface area contributed by atoms with E-state index in [1.807, 2.05) is 14.0 Å². The number of nitrogens with zero attached hydrogens (tertiary/aromatic N) is 1. The average molecular weight is 312 g/mol. The topological polar surface area (TPSA) is 58.6 Å². The second-order valence-electron chi connectivity index (χ2n) is 5.45. The van der Waals surface area contributed by atoms with Crippen molar-refractivity contribution in [1.82, 2.24) is 9.62 Å².